The number of benzene rings is 1. The summed E-state index contributed by atoms with van der Waals surface area (Å²) in [5, 5.41) is 3.50. The normalized spacial score (nSPS) is 18.4. The van der Waals surface area contributed by atoms with Gasteiger partial charge in [0.1, 0.15) is 12.7 Å². The Kier molecular flexibility index (Phi) is 4.46. The highest BCUT2D eigenvalue weighted by molar-refractivity contribution is 7.90. The van der Waals surface area contributed by atoms with Crippen LogP contribution in [0.25, 0.3) is 0 Å². The summed E-state index contributed by atoms with van der Waals surface area (Å²) in [4.78, 5) is 0.127. The molecular formula is C13H18ClNO4S. The Morgan fingerprint density at radius 1 is 1.45 bits per heavy atom. The van der Waals surface area contributed by atoms with Crippen LogP contribution in [0.1, 0.15) is 13.8 Å². The van der Waals surface area contributed by atoms with Gasteiger partial charge in [0.05, 0.1) is 9.92 Å². The first-order chi connectivity index (χ1) is 9.27. The van der Waals surface area contributed by atoms with E-state index in [2.05, 4.69) is 5.32 Å². The maximum atomic E-state index is 11.6. The van der Waals surface area contributed by atoms with E-state index in [1.807, 2.05) is 13.8 Å². The van der Waals surface area contributed by atoms with Crippen LogP contribution < -0.4 is 14.8 Å². The van der Waals surface area contributed by atoms with Crippen molar-refractivity contribution in [2.24, 2.45) is 0 Å². The van der Waals surface area contributed by atoms with Crippen LogP contribution in [0.4, 0.5) is 0 Å². The van der Waals surface area contributed by atoms with E-state index in [4.69, 9.17) is 21.1 Å². The zero-order chi connectivity index (χ0) is 14.9. The van der Waals surface area contributed by atoms with Crippen LogP contribution >= 0.6 is 11.6 Å². The van der Waals surface area contributed by atoms with E-state index in [0.29, 0.717) is 30.7 Å². The molecule has 1 aromatic carbocycles. The van der Waals surface area contributed by atoms with Crippen LogP contribution in [-0.2, 0) is 9.84 Å². The zero-order valence-corrected chi connectivity index (χ0v) is 13.2. The lowest BCUT2D eigenvalue weighted by atomic mass is 10.2. The summed E-state index contributed by atoms with van der Waals surface area (Å²) in [6, 6.07) is 3.18. The van der Waals surface area contributed by atoms with Gasteiger partial charge in [-0.1, -0.05) is 25.4 Å². The van der Waals surface area contributed by atoms with Gasteiger partial charge in [0.15, 0.2) is 21.3 Å². The number of ether oxygens (including phenoxy) is 2. The quantitative estimate of drug-likeness (QED) is 0.918. The van der Waals surface area contributed by atoms with Gasteiger partial charge in [-0.05, 0) is 6.07 Å². The molecule has 0 bridgehead atoms. The van der Waals surface area contributed by atoms with E-state index in [1.54, 1.807) is 0 Å². The predicted molar refractivity (Wildman–Crippen MR) is 77.6 cm³/mol. The molecule has 0 saturated carbocycles. The third-order valence-electron chi connectivity index (χ3n) is 2.87. The Morgan fingerprint density at radius 3 is 2.75 bits per heavy atom. The fraction of sp³-hybridized carbons (Fsp3) is 0.538. The third-order valence-corrected chi connectivity index (χ3v) is 4.24. The molecule has 1 N–H and O–H groups in total. The fourth-order valence-electron chi connectivity index (χ4n) is 1.84. The molecule has 0 radical (unpaired) electrons. The van der Waals surface area contributed by atoms with Crippen molar-refractivity contribution in [1.29, 1.82) is 0 Å². The van der Waals surface area contributed by atoms with Gasteiger partial charge in [-0.15, -0.1) is 0 Å². The molecule has 0 spiro atoms. The van der Waals surface area contributed by atoms with Gasteiger partial charge in [-0.25, -0.2) is 8.42 Å². The number of sulfone groups is 1. The van der Waals surface area contributed by atoms with Gasteiger partial charge in [0.25, 0.3) is 0 Å². The highest BCUT2D eigenvalue weighted by Gasteiger charge is 2.25. The third kappa shape index (κ3) is 3.56. The average Bonchev–Trinajstić information content (AvgIpc) is 2.34. The molecule has 7 heteroatoms. The molecule has 2 rings (SSSR count). The van der Waals surface area contributed by atoms with E-state index in [1.165, 1.54) is 12.1 Å². The van der Waals surface area contributed by atoms with Gasteiger partial charge < -0.3 is 14.8 Å². The lowest BCUT2D eigenvalue weighted by Gasteiger charge is -2.28. The van der Waals surface area contributed by atoms with Crippen molar-refractivity contribution >= 4 is 21.4 Å². The van der Waals surface area contributed by atoms with Crippen LogP contribution in [0.2, 0.25) is 5.02 Å². The van der Waals surface area contributed by atoms with Gasteiger partial charge in [-0.3, -0.25) is 0 Å². The first kappa shape index (κ1) is 15.4. The molecule has 1 aliphatic heterocycles. The Hall–Kier alpha value is -0.980. The van der Waals surface area contributed by atoms with Gasteiger partial charge in [0, 0.05) is 24.9 Å². The lowest BCUT2D eigenvalue weighted by Crippen LogP contribution is -2.40. The summed E-state index contributed by atoms with van der Waals surface area (Å²) in [6.07, 6.45) is 0.961. The second-order valence-corrected chi connectivity index (χ2v) is 7.54. The van der Waals surface area contributed by atoms with E-state index < -0.39 is 9.84 Å². The van der Waals surface area contributed by atoms with Crippen LogP contribution in [-0.4, -0.2) is 40.0 Å². The Balaban J connectivity index is 2.24. The van der Waals surface area contributed by atoms with Crippen molar-refractivity contribution in [3.05, 3.63) is 17.2 Å². The molecular weight excluding hydrogens is 302 g/mol. The maximum absolute atomic E-state index is 11.6. The number of hydrogen-bond donors (Lipinski definition) is 1. The largest absolute Gasteiger partial charge is 0.484 e. The zero-order valence-electron chi connectivity index (χ0n) is 11.6. The molecule has 1 aromatic rings. The summed E-state index contributed by atoms with van der Waals surface area (Å²) < 4.78 is 34.5. The van der Waals surface area contributed by atoms with Crippen molar-refractivity contribution < 1.29 is 17.9 Å². The Labute approximate surface area is 124 Å². The van der Waals surface area contributed by atoms with Gasteiger partial charge >= 0.3 is 0 Å². The molecule has 0 unspecified atom stereocenters. The molecule has 0 aliphatic carbocycles. The average molecular weight is 320 g/mol. The minimum atomic E-state index is -3.34. The van der Waals surface area contributed by atoms with Crippen molar-refractivity contribution in [2.75, 3.05) is 19.4 Å². The number of fused-ring (bicyclic) bond motifs is 1. The summed E-state index contributed by atoms with van der Waals surface area (Å²) in [6.45, 7) is 5.08. The van der Waals surface area contributed by atoms with E-state index in [0.717, 1.165) is 6.26 Å². The molecule has 112 valence electrons. The highest BCUT2D eigenvalue weighted by Crippen LogP contribution is 2.40. The monoisotopic (exact) mass is 319 g/mol. The molecule has 5 nitrogen and oxygen atoms in total. The van der Waals surface area contributed by atoms with Crippen LogP contribution in [0.3, 0.4) is 0 Å². The standard InChI is InChI=1S/C13H18ClNO4S/c1-8(2)15-6-9-7-18-13-11(14)4-10(20(3,16)17)5-12(13)19-9/h4-5,8-9,15H,6-7H2,1-3H3/t9-/m0/s1. The topological polar surface area (TPSA) is 64.6 Å². The fourth-order valence-corrected chi connectivity index (χ4v) is 2.83. The minimum absolute atomic E-state index is 0.127. The SMILES string of the molecule is CC(C)NC[C@H]1COc2c(Cl)cc(S(C)(=O)=O)cc2O1. The van der Waals surface area contributed by atoms with Crippen LogP contribution in [0, 0.1) is 0 Å². The van der Waals surface area contributed by atoms with Crippen molar-refractivity contribution in [1.82, 2.24) is 5.32 Å². The van der Waals surface area contributed by atoms with Gasteiger partial charge in [0.2, 0.25) is 0 Å². The first-order valence-electron chi connectivity index (χ1n) is 6.34. The molecule has 1 aliphatic rings. The van der Waals surface area contributed by atoms with Crippen LogP contribution in [0.15, 0.2) is 17.0 Å². The summed E-state index contributed by atoms with van der Waals surface area (Å²) in [5.74, 6) is 0.777. The lowest BCUT2D eigenvalue weighted by molar-refractivity contribution is 0.0887. The van der Waals surface area contributed by atoms with E-state index >= 15 is 0 Å². The second-order valence-electron chi connectivity index (χ2n) is 5.12. The van der Waals surface area contributed by atoms with E-state index in [9.17, 15) is 8.42 Å². The Bertz CT molecular complexity index is 601. The first-order valence-corrected chi connectivity index (χ1v) is 8.60. The Morgan fingerprint density at radius 2 is 2.15 bits per heavy atom. The number of rotatable bonds is 4. The highest BCUT2D eigenvalue weighted by atomic mass is 35.5. The van der Waals surface area contributed by atoms with E-state index in [-0.39, 0.29) is 16.0 Å². The maximum Gasteiger partial charge on any atom is 0.180 e. The van der Waals surface area contributed by atoms with Gasteiger partial charge in [-0.2, -0.15) is 0 Å². The molecule has 0 fully saturated rings. The molecule has 0 amide bonds. The number of hydrogen-bond acceptors (Lipinski definition) is 5. The molecule has 1 heterocycles. The second kappa shape index (κ2) is 5.79. The smallest absolute Gasteiger partial charge is 0.180 e. The molecule has 20 heavy (non-hydrogen) atoms. The minimum Gasteiger partial charge on any atom is -0.484 e. The summed E-state index contributed by atoms with van der Waals surface area (Å²) in [7, 11) is -3.34. The van der Waals surface area contributed by atoms with Crippen molar-refractivity contribution in [3.63, 3.8) is 0 Å². The van der Waals surface area contributed by atoms with Crippen molar-refractivity contribution in [3.8, 4) is 11.5 Å². The molecule has 0 aromatic heterocycles. The number of nitrogens with one attached hydrogen (secondary N) is 1. The predicted octanol–water partition coefficient (Wildman–Crippen LogP) is 1.88. The van der Waals surface area contributed by atoms with Crippen molar-refractivity contribution in [2.45, 2.75) is 30.9 Å². The van der Waals surface area contributed by atoms with Crippen LogP contribution in [0.5, 0.6) is 11.5 Å². The summed E-state index contributed by atoms with van der Waals surface area (Å²) in [5.41, 5.74) is 0. The molecule has 1 atom stereocenters. The summed E-state index contributed by atoms with van der Waals surface area (Å²) >= 11 is 6.04. The number of halogens is 1. The molecule has 0 saturated heterocycles.